The van der Waals surface area contributed by atoms with Crippen molar-refractivity contribution in [1.82, 2.24) is 0 Å². The molecule has 0 aliphatic carbocycles. The largest absolute Gasteiger partial charge is 0.445 e. The molecule has 0 heterocycles. The van der Waals surface area contributed by atoms with Crippen LogP contribution in [0.4, 0.5) is 0 Å². The van der Waals surface area contributed by atoms with Crippen LogP contribution in [-0.4, -0.2) is 33.6 Å². The van der Waals surface area contributed by atoms with E-state index in [4.69, 9.17) is 22.9 Å². The van der Waals surface area contributed by atoms with Crippen LogP contribution in [-0.2, 0) is 11.0 Å². The predicted molar refractivity (Wildman–Crippen MR) is 74.2 cm³/mol. The minimum atomic E-state index is -0.161. The Morgan fingerprint density at radius 3 is 2.78 bits per heavy atom. The zero-order valence-corrected chi connectivity index (χ0v) is 10.9. The highest BCUT2D eigenvalue weighted by atomic mass is 16.4. The third-order valence-corrected chi connectivity index (χ3v) is 2.65. The fourth-order valence-corrected chi connectivity index (χ4v) is 1.38. The number of nitriles is 1. The molecule has 0 saturated carbocycles. The molecule has 1 aromatic rings. The molecule has 0 aliphatic heterocycles. The van der Waals surface area contributed by atoms with Crippen molar-refractivity contribution in [3.8, 4) is 6.07 Å². The minimum Gasteiger partial charge on any atom is -0.445 e. The van der Waals surface area contributed by atoms with Gasteiger partial charge in [-0.25, -0.2) is 0 Å². The topological polar surface area (TPSA) is 55.9 Å². The summed E-state index contributed by atoms with van der Waals surface area (Å²) in [6.45, 7) is 4.77. The highest BCUT2D eigenvalue weighted by Gasteiger charge is 2.20. The Hall–Kier alpha value is -1.24. The quantitative estimate of drug-likeness (QED) is 0.529. The SMILES string of the molecule is [B]Cc1cc(C#N)ccc1[B]OCC(C)(C)C[OH2+]. The van der Waals surface area contributed by atoms with Crippen molar-refractivity contribution >= 4 is 20.8 Å². The third kappa shape index (κ3) is 4.21. The maximum Gasteiger partial charge on any atom is 0.330 e. The van der Waals surface area contributed by atoms with Crippen molar-refractivity contribution in [1.29, 1.82) is 5.26 Å². The molecule has 5 heteroatoms. The molecule has 3 nitrogen and oxygen atoms in total. The molecule has 91 valence electrons. The molecule has 1 aromatic carbocycles. The van der Waals surface area contributed by atoms with Gasteiger partial charge in [-0.2, -0.15) is 5.26 Å². The van der Waals surface area contributed by atoms with E-state index in [1.54, 1.807) is 19.6 Å². The first-order valence-corrected chi connectivity index (χ1v) is 5.85. The lowest BCUT2D eigenvalue weighted by molar-refractivity contribution is 0.101. The average molecular weight is 241 g/mol. The second kappa shape index (κ2) is 6.63. The van der Waals surface area contributed by atoms with E-state index in [1.165, 1.54) is 0 Å². The van der Waals surface area contributed by atoms with Gasteiger partial charge in [-0.1, -0.05) is 37.3 Å². The third-order valence-electron chi connectivity index (χ3n) is 2.65. The minimum absolute atomic E-state index is 0.161. The highest BCUT2D eigenvalue weighted by Crippen LogP contribution is 2.13. The van der Waals surface area contributed by atoms with Crippen LogP contribution in [0.2, 0.25) is 0 Å². The molecule has 0 atom stereocenters. The van der Waals surface area contributed by atoms with E-state index >= 15 is 0 Å². The van der Waals surface area contributed by atoms with Crippen molar-refractivity contribution in [2.45, 2.75) is 20.2 Å². The summed E-state index contributed by atoms with van der Waals surface area (Å²) in [7, 11) is 7.30. The molecule has 1 rings (SSSR count). The Balaban J connectivity index is 2.65. The molecule has 0 fully saturated rings. The fourth-order valence-electron chi connectivity index (χ4n) is 1.38. The van der Waals surface area contributed by atoms with Crippen LogP contribution in [0.25, 0.3) is 0 Å². The Bertz CT molecular complexity index is 441. The van der Waals surface area contributed by atoms with Crippen molar-refractivity contribution < 1.29 is 9.76 Å². The Kier molecular flexibility index (Phi) is 5.46. The summed E-state index contributed by atoms with van der Waals surface area (Å²) in [6.07, 6.45) is 0.368. The van der Waals surface area contributed by atoms with Crippen molar-refractivity contribution in [3.63, 3.8) is 0 Å². The zero-order chi connectivity index (χ0) is 13.6. The lowest BCUT2D eigenvalue weighted by Gasteiger charge is -2.19. The summed E-state index contributed by atoms with van der Waals surface area (Å²) in [5.74, 6) is 0. The summed E-state index contributed by atoms with van der Waals surface area (Å²) in [4.78, 5) is 0. The van der Waals surface area contributed by atoms with Crippen LogP contribution in [0, 0.1) is 16.7 Å². The van der Waals surface area contributed by atoms with Gasteiger partial charge in [0.1, 0.15) is 0 Å². The monoisotopic (exact) mass is 241 g/mol. The van der Waals surface area contributed by atoms with Crippen molar-refractivity contribution in [2.24, 2.45) is 5.41 Å². The van der Waals surface area contributed by atoms with E-state index in [1.807, 2.05) is 19.9 Å². The molecule has 0 amide bonds. The highest BCUT2D eigenvalue weighted by molar-refractivity contribution is 6.48. The first kappa shape index (κ1) is 14.8. The van der Waals surface area contributed by atoms with Gasteiger partial charge >= 0.3 is 7.48 Å². The maximum atomic E-state index is 8.81. The van der Waals surface area contributed by atoms with Crippen LogP contribution in [0.3, 0.4) is 0 Å². The van der Waals surface area contributed by atoms with Gasteiger partial charge in [-0.15, -0.1) is 0 Å². The molecular weight excluding hydrogens is 224 g/mol. The van der Waals surface area contributed by atoms with Gasteiger partial charge in [-0.05, 0) is 12.1 Å². The first-order chi connectivity index (χ1) is 8.52. The summed E-state index contributed by atoms with van der Waals surface area (Å²) < 4.78 is 5.51. The van der Waals surface area contributed by atoms with Crippen LogP contribution in [0.15, 0.2) is 18.2 Å². The molecule has 2 N–H and O–H groups in total. The van der Waals surface area contributed by atoms with E-state index in [-0.39, 0.29) is 5.41 Å². The van der Waals surface area contributed by atoms with Gasteiger partial charge in [-0.3, -0.25) is 0 Å². The van der Waals surface area contributed by atoms with Gasteiger partial charge in [0.25, 0.3) is 0 Å². The number of rotatable bonds is 6. The molecule has 0 unspecified atom stereocenters. The number of hydrogen-bond acceptors (Lipinski definition) is 2. The fraction of sp³-hybridized carbons (Fsp3) is 0.462. The number of benzene rings is 1. The van der Waals surface area contributed by atoms with Crippen LogP contribution < -0.4 is 5.46 Å². The molecule has 0 saturated heterocycles. The van der Waals surface area contributed by atoms with E-state index in [2.05, 4.69) is 6.07 Å². The molecule has 0 bridgehead atoms. The van der Waals surface area contributed by atoms with Gasteiger partial charge in [0.2, 0.25) is 0 Å². The molecule has 3 radical (unpaired) electrons. The van der Waals surface area contributed by atoms with Crippen LogP contribution in [0.1, 0.15) is 25.0 Å². The van der Waals surface area contributed by atoms with Crippen molar-refractivity contribution in [3.05, 3.63) is 29.3 Å². The van der Waals surface area contributed by atoms with Gasteiger partial charge in [0, 0.05) is 6.61 Å². The second-order valence-electron chi connectivity index (χ2n) is 5.00. The number of hydrogen-bond donors (Lipinski definition) is 0. The summed E-state index contributed by atoms with van der Waals surface area (Å²) in [5.41, 5.74) is 2.21. The maximum absolute atomic E-state index is 8.81. The summed E-state index contributed by atoms with van der Waals surface area (Å²) >= 11 is 0. The van der Waals surface area contributed by atoms with Crippen LogP contribution >= 0.6 is 0 Å². The van der Waals surface area contributed by atoms with E-state index in [0.717, 1.165) is 11.0 Å². The standard InChI is InChI=1S/C13H16B2NO2/c1-13(2,8-17)9-18-15-12-4-3-10(7-16)5-11(12)6-14/h3-5,17H,6,8-9H2,1-2H3/p+1. The molecule has 0 aromatic heterocycles. The molecule has 0 spiro atoms. The summed E-state index contributed by atoms with van der Waals surface area (Å²) in [5, 5.41) is 16.2. The van der Waals surface area contributed by atoms with E-state index < -0.39 is 0 Å². The predicted octanol–water partition coefficient (Wildman–Crippen LogP) is 0.239. The molecular formula is C13H17B2NO2+. The second-order valence-corrected chi connectivity index (χ2v) is 5.00. The van der Waals surface area contributed by atoms with E-state index in [0.29, 0.717) is 25.1 Å². The summed E-state index contributed by atoms with van der Waals surface area (Å²) in [6, 6.07) is 7.42. The van der Waals surface area contributed by atoms with Gasteiger partial charge < -0.3 is 9.76 Å². The Morgan fingerprint density at radius 1 is 1.50 bits per heavy atom. The smallest absolute Gasteiger partial charge is 0.330 e. The van der Waals surface area contributed by atoms with Crippen LogP contribution in [0.5, 0.6) is 0 Å². The lowest BCUT2D eigenvalue weighted by atomic mass is 9.78. The lowest BCUT2D eigenvalue weighted by Crippen LogP contribution is -2.29. The Labute approximate surface area is 110 Å². The average Bonchev–Trinajstić information content (AvgIpc) is 2.38. The zero-order valence-electron chi connectivity index (χ0n) is 10.9. The van der Waals surface area contributed by atoms with Gasteiger partial charge in [0.05, 0.1) is 24.9 Å². The van der Waals surface area contributed by atoms with Crippen molar-refractivity contribution in [2.75, 3.05) is 13.2 Å². The molecule has 18 heavy (non-hydrogen) atoms. The molecule has 0 aliphatic rings. The van der Waals surface area contributed by atoms with Gasteiger partial charge in [0.15, 0.2) is 6.61 Å². The van der Waals surface area contributed by atoms with E-state index in [9.17, 15) is 0 Å². The number of nitrogens with zero attached hydrogens (tertiary/aromatic N) is 1. The first-order valence-electron chi connectivity index (χ1n) is 5.85. The Morgan fingerprint density at radius 2 is 2.22 bits per heavy atom. The normalized spacial score (nSPS) is 11.0.